The molecule has 2 fully saturated rings. The van der Waals surface area contributed by atoms with E-state index in [1.165, 1.54) is 16.7 Å². The molecule has 2 saturated heterocycles. The number of halogens is 3. The quantitative estimate of drug-likeness (QED) is 0.213. The number of nitrogens with zero attached hydrogens (tertiary/aromatic N) is 4. The molecule has 0 radical (unpaired) electrons. The molecule has 5 rings (SSSR count). The zero-order valence-electron chi connectivity index (χ0n) is 22.3. The zero-order valence-corrected chi connectivity index (χ0v) is 23.1. The molecule has 1 aromatic heterocycles. The summed E-state index contributed by atoms with van der Waals surface area (Å²) in [6.45, 7) is -0.289. The van der Waals surface area contributed by atoms with Crippen LogP contribution in [0.2, 0.25) is 0 Å². The number of likely N-dealkylation sites (N-methyl/N-ethyl adjacent to an activating group) is 1. The number of aryl methyl sites for hydroxylation is 1. The van der Waals surface area contributed by atoms with Crippen molar-refractivity contribution in [3.05, 3.63) is 51.0 Å². The van der Waals surface area contributed by atoms with Crippen LogP contribution in [0.25, 0.3) is 10.9 Å². The number of amides is 2. The fourth-order valence-corrected chi connectivity index (χ4v) is 7.21. The number of aromatic nitrogens is 1. The maximum absolute atomic E-state index is 15.9. The number of β-lactam (4-membered cyclic amide) rings is 1. The predicted molar refractivity (Wildman–Crippen MR) is 142 cm³/mol. The number of hydrogen-bond acceptors (Lipinski definition) is 8. The number of rotatable bonds is 9. The van der Waals surface area contributed by atoms with E-state index in [9.17, 15) is 38.6 Å². The molecule has 12 nitrogen and oxygen atoms in total. The van der Waals surface area contributed by atoms with Crippen molar-refractivity contribution in [1.29, 1.82) is 0 Å². The molecule has 224 valence electrons. The molecule has 2 amide bonds. The van der Waals surface area contributed by atoms with Crippen LogP contribution in [0.15, 0.2) is 28.3 Å². The molecule has 42 heavy (non-hydrogen) atoms. The Balaban J connectivity index is 1.41. The van der Waals surface area contributed by atoms with E-state index < -0.39 is 81.7 Å². The number of carbonyl (C=O) groups excluding carboxylic acids is 3. The van der Waals surface area contributed by atoms with Crippen molar-refractivity contribution < 1.29 is 47.0 Å². The molecule has 2 N–H and O–H groups in total. The Labute approximate surface area is 240 Å². The molecule has 3 aliphatic heterocycles. The van der Waals surface area contributed by atoms with Gasteiger partial charge in [-0.15, -0.1) is 11.8 Å². The SMILES string of the molecule is C[N+]1(CC2=C(C(=O)[O-])N3C(=O)[C@@H](NC=O)[C@H]3SC2)CCN(c2c(F)cc3c(=O)c(C(=O)O)cn(CCF)c3c2F)CC1. The fourth-order valence-electron chi connectivity index (χ4n) is 5.86. The molecule has 2 atom stereocenters. The van der Waals surface area contributed by atoms with Crippen LogP contribution in [0.5, 0.6) is 0 Å². The maximum atomic E-state index is 15.9. The number of aromatic carboxylic acids is 1. The average Bonchev–Trinajstić information content (AvgIpc) is 2.93. The van der Waals surface area contributed by atoms with Crippen LogP contribution in [0.4, 0.5) is 18.9 Å². The van der Waals surface area contributed by atoms with Crippen LogP contribution in [0.3, 0.4) is 0 Å². The van der Waals surface area contributed by atoms with Gasteiger partial charge in [0, 0.05) is 17.5 Å². The summed E-state index contributed by atoms with van der Waals surface area (Å²) in [7, 11) is 1.85. The normalized spacial score (nSPS) is 21.7. The summed E-state index contributed by atoms with van der Waals surface area (Å²) >= 11 is 1.32. The summed E-state index contributed by atoms with van der Waals surface area (Å²) in [6, 6.07) is -0.0518. The van der Waals surface area contributed by atoms with Crippen molar-refractivity contribution in [2.75, 3.05) is 57.1 Å². The highest BCUT2D eigenvalue weighted by Gasteiger charge is 2.52. The average molecular weight is 610 g/mol. The summed E-state index contributed by atoms with van der Waals surface area (Å²) in [5.74, 6) is -5.57. The molecule has 0 saturated carbocycles. The smallest absolute Gasteiger partial charge is 0.341 e. The van der Waals surface area contributed by atoms with Gasteiger partial charge in [0.1, 0.15) is 41.7 Å². The van der Waals surface area contributed by atoms with E-state index in [4.69, 9.17) is 0 Å². The van der Waals surface area contributed by atoms with Crippen LogP contribution < -0.4 is 20.8 Å². The Morgan fingerprint density at radius 1 is 1.26 bits per heavy atom. The standard InChI is InChI=1S/C26H26F3N5O7S/c1-34(10-13-11-42-24-18(30-12-35)23(37)33(24)19(13)26(40)41)6-4-31(5-7-34)21-16(28)8-14-20(17(21)29)32(3-2-27)9-15(22(14)36)25(38)39/h8-9,12,18,24H,2-7,10-11H2,1H3,(H2-,30,35,38,39,40,41)/t18-,24-/m1/s1. The van der Waals surface area contributed by atoms with E-state index in [-0.39, 0.29) is 35.6 Å². The Hall–Kier alpha value is -4.05. The topological polar surface area (TPSA) is 152 Å². The van der Waals surface area contributed by atoms with Crippen molar-refractivity contribution in [2.24, 2.45) is 0 Å². The summed E-state index contributed by atoms with van der Waals surface area (Å²) in [6.07, 6.45) is 1.23. The first-order valence-corrected chi connectivity index (χ1v) is 14.0. The Morgan fingerprint density at radius 3 is 2.55 bits per heavy atom. The number of carboxylic acid groups (broad SMARTS) is 2. The first-order valence-electron chi connectivity index (χ1n) is 12.9. The number of anilines is 1. The Kier molecular flexibility index (Phi) is 7.70. The summed E-state index contributed by atoms with van der Waals surface area (Å²) < 4.78 is 45.7. The van der Waals surface area contributed by atoms with Gasteiger partial charge in [0.2, 0.25) is 11.8 Å². The lowest BCUT2D eigenvalue weighted by Gasteiger charge is -2.51. The Morgan fingerprint density at radius 2 is 1.95 bits per heavy atom. The molecule has 2 aromatic rings. The van der Waals surface area contributed by atoms with E-state index in [1.807, 2.05) is 7.05 Å². The van der Waals surface area contributed by atoms with E-state index in [2.05, 4.69) is 5.32 Å². The van der Waals surface area contributed by atoms with Crippen LogP contribution in [-0.2, 0) is 20.9 Å². The molecule has 0 unspecified atom stereocenters. The minimum atomic E-state index is -1.60. The number of piperazine rings is 1. The van der Waals surface area contributed by atoms with Gasteiger partial charge in [-0.1, -0.05) is 0 Å². The zero-order chi connectivity index (χ0) is 30.5. The minimum absolute atomic E-state index is 0.133. The van der Waals surface area contributed by atoms with Crippen LogP contribution in [0, 0.1) is 11.6 Å². The van der Waals surface area contributed by atoms with Crippen LogP contribution in [-0.4, -0.2) is 107 Å². The highest BCUT2D eigenvalue weighted by molar-refractivity contribution is 8.00. The number of fused-ring (bicyclic) bond motifs is 2. The van der Waals surface area contributed by atoms with Gasteiger partial charge in [0.05, 0.1) is 62.3 Å². The molecule has 16 heteroatoms. The van der Waals surface area contributed by atoms with Crippen molar-refractivity contribution >= 4 is 52.6 Å². The number of hydrogen-bond donors (Lipinski definition) is 2. The van der Waals surface area contributed by atoms with Gasteiger partial charge in [-0.2, -0.15) is 0 Å². The molecule has 1 aromatic carbocycles. The first-order chi connectivity index (χ1) is 19.9. The highest BCUT2D eigenvalue weighted by Crippen LogP contribution is 2.41. The summed E-state index contributed by atoms with van der Waals surface area (Å²) in [5, 5.41) is 22.7. The number of nitrogens with one attached hydrogen (secondary N) is 1. The number of alkyl halides is 1. The largest absolute Gasteiger partial charge is 0.543 e. The van der Waals surface area contributed by atoms with Gasteiger partial charge >= 0.3 is 5.97 Å². The lowest BCUT2D eigenvalue weighted by molar-refractivity contribution is -0.905. The highest BCUT2D eigenvalue weighted by atomic mass is 32.2. The van der Waals surface area contributed by atoms with E-state index in [0.29, 0.717) is 25.1 Å². The number of quaternary nitrogens is 1. The number of carboxylic acids is 2. The van der Waals surface area contributed by atoms with Gasteiger partial charge < -0.3 is 34.3 Å². The van der Waals surface area contributed by atoms with Gasteiger partial charge in [0.25, 0.3) is 5.91 Å². The number of carbonyl (C=O) groups is 4. The second-order valence-corrected chi connectivity index (χ2v) is 11.7. The lowest BCUT2D eigenvalue weighted by Crippen LogP contribution is -2.70. The molecule has 4 heterocycles. The second-order valence-electron chi connectivity index (χ2n) is 10.6. The molecular formula is C26H26F3N5O7S. The van der Waals surface area contributed by atoms with Gasteiger partial charge in [-0.25, -0.2) is 18.0 Å². The summed E-state index contributed by atoms with van der Waals surface area (Å²) in [4.78, 5) is 62.1. The number of benzene rings is 1. The van der Waals surface area contributed by atoms with Crippen molar-refractivity contribution in [3.63, 3.8) is 0 Å². The van der Waals surface area contributed by atoms with Gasteiger partial charge in [-0.05, 0) is 6.07 Å². The number of pyridine rings is 1. The summed E-state index contributed by atoms with van der Waals surface area (Å²) in [5.41, 5.74) is -2.42. The van der Waals surface area contributed by atoms with Crippen LogP contribution in [0.1, 0.15) is 10.4 Å². The third kappa shape index (κ3) is 4.77. The lowest BCUT2D eigenvalue weighted by atomic mass is 10.0. The fraction of sp³-hybridized carbons (Fsp3) is 0.423. The third-order valence-corrected chi connectivity index (χ3v) is 9.32. The number of aliphatic carboxylic acids is 1. The number of thioether (sulfide) groups is 1. The van der Waals surface area contributed by atoms with Crippen LogP contribution >= 0.6 is 11.8 Å². The monoisotopic (exact) mass is 609 g/mol. The minimum Gasteiger partial charge on any atom is -0.543 e. The molecule has 3 aliphatic rings. The van der Waals surface area contributed by atoms with Gasteiger partial charge in [0.15, 0.2) is 5.82 Å². The third-order valence-electron chi connectivity index (χ3n) is 7.98. The van der Waals surface area contributed by atoms with Crippen molar-refractivity contribution in [2.45, 2.75) is 18.0 Å². The second kappa shape index (κ2) is 11.0. The molecule has 0 spiro atoms. The van der Waals surface area contributed by atoms with E-state index in [0.717, 1.165) is 21.7 Å². The van der Waals surface area contributed by atoms with Gasteiger partial charge in [-0.3, -0.25) is 19.3 Å². The maximum Gasteiger partial charge on any atom is 0.341 e. The van der Waals surface area contributed by atoms with E-state index in [1.54, 1.807) is 0 Å². The molecule has 0 aliphatic carbocycles. The first kappa shape index (κ1) is 29.4. The van der Waals surface area contributed by atoms with Crippen molar-refractivity contribution in [3.8, 4) is 0 Å². The Bertz CT molecular complexity index is 1610. The molecule has 0 bridgehead atoms. The predicted octanol–water partition coefficient (Wildman–Crippen LogP) is -0.752. The van der Waals surface area contributed by atoms with E-state index >= 15 is 8.78 Å². The molecular weight excluding hydrogens is 583 g/mol. The van der Waals surface area contributed by atoms with Crippen molar-refractivity contribution in [1.82, 2.24) is 14.8 Å².